The van der Waals surface area contributed by atoms with Gasteiger partial charge in [0.15, 0.2) is 6.67 Å². The first kappa shape index (κ1) is 14.0. The zero-order valence-electron chi connectivity index (χ0n) is 10.4. The Morgan fingerprint density at radius 2 is 1.95 bits per heavy atom. The van der Waals surface area contributed by atoms with Crippen LogP contribution in [0.1, 0.15) is 5.56 Å². The van der Waals surface area contributed by atoms with Gasteiger partial charge in [0.1, 0.15) is 6.10 Å². The van der Waals surface area contributed by atoms with Crippen molar-refractivity contribution in [1.82, 2.24) is 4.90 Å². The van der Waals surface area contributed by atoms with Crippen molar-refractivity contribution in [2.75, 3.05) is 19.8 Å². The molecule has 0 atom stereocenters. The number of alkyl halides is 1. The average Bonchev–Trinajstić information content (AvgIpc) is 2.33. The molecule has 0 aromatic heterocycles. The number of hydrogen-bond acceptors (Lipinski definition) is 4. The number of benzene rings is 1. The highest BCUT2D eigenvalue weighted by Crippen LogP contribution is 2.20. The van der Waals surface area contributed by atoms with E-state index in [0.29, 0.717) is 0 Å². The molecule has 5 nitrogen and oxygen atoms in total. The summed E-state index contributed by atoms with van der Waals surface area (Å²) in [6.45, 7) is 0.989. The van der Waals surface area contributed by atoms with Crippen molar-refractivity contribution >= 4 is 16.0 Å². The third-order valence-electron chi connectivity index (χ3n) is 2.89. The van der Waals surface area contributed by atoms with E-state index in [9.17, 15) is 17.6 Å². The first-order chi connectivity index (χ1) is 8.92. The van der Waals surface area contributed by atoms with Crippen LogP contribution in [-0.2, 0) is 19.1 Å². The molecule has 19 heavy (non-hydrogen) atoms. The third kappa shape index (κ3) is 3.10. The van der Waals surface area contributed by atoms with Crippen LogP contribution >= 0.6 is 0 Å². The van der Waals surface area contributed by atoms with Crippen LogP contribution in [0.25, 0.3) is 0 Å². The third-order valence-corrected chi connectivity index (χ3v) is 4.26. The van der Waals surface area contributed by atoms with E-state index in [-0.39, 0.29) is 18.0 Å². The molecule has 0 bridgehead atoms. The zero-order chi connectivity index (χ0) is 14.0. The number of nitrogens with zero attached hydrogens (tertiary/aromatic N) is 1. The summed E-state index contributed by atoms with van der Waals surface area (Å²) in [7, 11) is -3.82. The Hall–Kier alpha value is -1.47. The summed E-state index contributed by atoms with van der Waals surface area (Å²) in [6, 6.07) is 6.29. The van der Waals surface area contributed by atoms with Crippen LogP contribution in [0.15, 0.2) is 29.2 Å². The molecule has 0 unspecified atom stereocenters. The fourth-order valence-corrected chi connectivity index (χ4v) is 2.79. The lowest BCUT2D eigenvalue weighted by molar-refractivity contribution is -0.140. The second-order valence-corrected chi connectivity index (χ2v) is 5.99. The van der Waals surface area contributed by atoms with Gasteiger partial charge in [-0.2, -0.15) is 8.42 Å². The molecule has 1 heterocycles. The summed E-state index contributed by atoms with van der Waals surface area (Å²) < 4.78 is 40.8. The standard InChI is InChI=1S/C12H14FNO4S/c1-9-2-4-11(5-3-9)19(16,17)18-10-7-14(8-10)12(15)6-13/h2-5,10H,6-8H2,1H3. The molecular weight excluding hydrogens is 273 g/mol. The van der Waals surface area contributed by atoms with Crippen molar-refractivity contribution in [2.24, 2.45) is 0 Å². The Labute approximate surface area is 111 Å². The lowest BCUT2D eigenvalue weighted by Crippen LogP contribution is -2.55. The molecule has 0 saturated carbocycles. The van der Waals surface area contributed by atoms with E-state index in [2.05, 4.69) is 0 Å². The maximum absolute atomic E-state index is 12.1. The summed E-state index contributed by atoms with van der Waals surface area (Å²) in [5.74, 6) is -0.646. The van der Waals surface area contributed by atoms with Gasteiger partial charge < -0.3 is 4.90 Å². The number of halogens is 1. The molecule has 1 aromatic rings. The molecule has 104 valence electrons. The molecule has 1 amide bonds. The van der Waals surface area contributed by atoms with Crippen molar-refractivity contribution in [2.45, 2.75) is 17.9 Å². The molecule has 1 fully saturated rings. The molecule has 1 saturated heterocycles. The highest BCUT2D eigenvalue weighted by atomic mass is 32.2. The topological polar surface area (TPSA) is 63.7 Å². The number of aryl methyl sites for hydroxylation is 1. The van der Waals surface area contributed by atoms with Gasteiger partial charge >= 0.3 is 0 Å². The SMILES string of the molecule is Cc1ccc(S(=O)(=O)OC2CN(C(=O)CF)C2)cc1. The van der Waals surface area contributed by atoms with Gasteiger partial charge in [0.25, 0.3) is 16.0 Å². The lowest BCUT2D eigenvalue weighted by atomic mass is 10.2. The Morgan fingerprint density at radius 1 is 1.37 bits per heavy atom. The van der Waals surface area contributed by atoms with Crippen LogP contribution in [0, 0.1) is 6.92 Å². The molecule has 1 aromatic carbocycles. The first-order valence-electron chi connectivity index (χ1n) is 5.76. The predicted octanol–water partition coefficient (Wildman–Crippen LogP) is 0.881. The number of hydrogen-bond donors (Lipinski definition) is 0. The van der Waals surface area contributed by atoms with Crippen LogP contribution in [-0.4, -0.2) is 45.1 Å². The zero-order valence-corrected chi connectivity index (χ0v) is 11.2. The fraction of sp³-hybridized carbons (Fsp3) is 0.417. The predicted molar refractivity (Wildman–Crippen MR) is 65.8 cm³/mol. The summed E-state index contributed by atoms with van der Waals surface area (Å²) in [5, 5.41) is 0. The van der Waals surface area contributed by atoms with Crippen molar-refractivity contribution in [3.63, 3.8) is 0 Å². The maximum atomic E-state index is 12.1. The smallest absolute Gasteiger partial charge is 0.297 e. The van der Waals surface area contributed by atoms with Gasteiger partial charge in [-0.15, -0.1) is 0 Å². The van der Waals surface area contributed by atoms with E-state index >= 15 is 0 Å². The molecule has 0 spiro atoms. The second kappa shape index (κ2) is 5.26. The maximum Gasteiger partial charge on any atom is 0.297 e. The average molecular weight is 287 g/mol. The number of carbonyl (C=O) groups is 1. The second-order valence-electron chi connectivity index (χ2n) is 4.42. The molecule has 0 N–H and O–H groups in total. The molecule has 2 rings (SSSR count). The van der Waals surface area contributed by atoms with E-state index in [1.54, 1.807) is 12.1 Å². The van der Waals surface area contributed by atoms with E-state index in [0.717, 1.165) is 5.56 Å². The van der Waals surface area contributed by atoms with Crippen LogP contribution in [0.5, 0.6) is 0 Å². The number of likely N-dealkylation sites (tertiary alicyclic amines) is 1. The Balaban J connectivity index is 1.97. The monoisotopic (exact) mass is 287 g/mol. The summed E-state index contributed by atoms with van der Waals surface area (Å²) in [6.07, 6.45) is -0.596. The van der Waals surface area contributed by atoms with Gasteiger partial charge in [0.2, 0.25) is 0 Å². The largest absolute Gasteiger partial charge is 0.335 e. The van der Waals surface area contributed by atoms with Crippen molar-refractivity contribution in [3.8, 4) is 0 Å². The summed E-state index contributed by atoms with van der Waals surface area (Å²) in [4.78, 5) is 12.3. The van der Waals surface area contributed by atoms with Crippen LogP contribution in [0.3, 0.4) is 0 Å². The Bertz CT molecular complexity index is 564. The molecule has 1 aliphatic rings. The van der Waals surface area contributed by atoms with Crippen molar-refractivity contribution < 1.29 is 21.8 Å². The minimum Gasteiger partial charge on any atom is -0.335 e. The van der Waals surface area contributed by atoms with Gasteiger partial charge in [-0.25, -0.2) is 4.39 Å². The first-order valence-corrected chi connectivity index (χ1v) is 7.17. The van der Waals surface area contributed by atoms with Crippen LogP contribution < -0.4 is 0 Å². The Morgan fingerprint density at radius 3 is 2.47 bits per heavy atom. The van der Waals surface area contributed by atoms with E-state index in [1.165, 1.54) is 17.0 Å². The molecule has 1 aliphatic heterocycles. The summed E-state index contributed by atoms with van der Waals surface area (Å²) in [5.41, 5.74) is 0.947. The highest BCUT2D eigenvalue weighted by molar-refractivity contribution is 7.86. The van der Waals surface area contributed by atoms with Crippen molar-refractivity contribution in [3.05, 3.63) is 29.8 Å². The van der Waals surface area contributed by atoms with Crippen LogP contribution in [0.2, 0.25) is 0 Å². The van der Waals surface area contributed by atoms with Crippen LogP contribution in [0.4, 0.5) is 4.39 Å². The van der Waals surface area contributed by atoms with E-state index in [4.69, 9.17) is 4.18 Å². The highest BCUT2D eigenvalue weighted by Gasteiger charge is 2.35. The van der Waals surface area contributed by atoms with Gasteiger partial charge in [-0.3, -0.25) is 8.98 Å². The van der Waals surface area contributed by atoms with Crippen molar-refractivity contribution in [1.29, 1.82) is 0 Å². The fourth-order valence-electron chi connectivity index (χ4n) is 1.73. The lowest BCUT2D eigenvalue weighted by Gasteiger charge is -2.37. The van der Waals surface area contributed by atoms with Gasteiger partial charge in [0, 0.05) is 0 Å². The molecule has 0 aliphatic carbocycles. The van der Waals surface area contributed by atoms with Gasteiger partial charge in [-0.1, -0.05) is 17.7 Å². The van der Waals surface area contributed by atoms with Gasteiger partial charge in [0.05, 0.1) is 18.0 Å². The van der Waals surface area contributed by atoms with Gasteiger partial charge in [-0.05, 0) is 19.1 Å². The minimum atomic E-state index is -3.82. The van der Waals surface area contributed by atoms with E-state index < -0.39 is 28.8 Å². The number of amides is 1. The molecule has 0 radical (unpaired) electrons. The quantitative estimate of drug-likeness (QED) is 0.771. The normalized spacial score (nSPS) is 16.2. The summed E-state index contributed by atoms with van der Waals surface area (Å²) >= 11 is 0. The Kier molecular flexibility index (Phi) is 3.86. The number of rotatable bonds is 4. The van der Waals surface area contributed by atoms with E-state index in [1.807, 2.05) is 6.92 Å². The molecular formula is C12H14FNO4S. The minimum absolute atomic E-state index is 0.0772. The number of carbonyl (C=O) groups excluding carboxylic acids is 1. The molecule has 7 heteroatoms.